The summed E-state index contributed by atoms with van der Waals surface area (Å²) in [7, 11) is -4.43. The van der Waals surface area contributed by atoms with E-state index in [1.165, 1.54) is 0 Å². The van der Waals surface area contributed by atoms with E-state index < -0.39 is 62.0 Å². The maximum atomic E-state index is 13.8. The zero-order chi connectivity index (χ0) is 28.0. The highest BCUT2D eigenvalue weighted by Crippen LogP contribution is 2.52. The van der Waals surface area contributed by atoms with Gasteiger partial charge in [0.25, 0.3) is 5.60 Å². The minimum atomic E-state index is -6.13. The molecule has 1 unspecified atom stereocenters. The lowest BCUT2D eigenvalue weighted by atomic mass is 9.74. The molecule has 3 rings (SSSR count). The Morgan fingerprint density at radius 3 is 1.92 bits per heavy atom. The molecule has 14 heteroatoms. The molecule has 0 radical (unpaired) electrons. The molecule has 0 saturated heterocycles. The molecular weight excluding hydrogens is 535 g/mol. The Bertz CT molecular complexity index is 1230. The third-order valence-electron chi connectivity index (χ3n) is 6.79. The van der Waals surface area contributed by atoms with Crippen LogP contribution in [0.15, 0.2) is 53.4 Å². The number of amides is 1. The van der Waals surface area contributed by atoms with Crippen LogP contribution in [0.2, 0.25) is 0 Å². The molecule has 1 amide bonds. The van der Waals surface area contributed by atoms with E-state index in [1.54, 1.807) is 6.92 Å². The van der Waals surface area contributed by atoms with Crippen molar-refractivity contribution in [2.75, 3.05) is 0 Å². The van der Waals surface area contributed by atoms with Crippen LogP contribution in [0.3, 0.4) is 0 Å². The smallest absolute Gasteiger partial charge is 0.430 e. The molecule has 3 N–H and O–H groups in total. The first-order valence-corrected chi connectivity index (χ1v) is 12.3. The number of hydrogen-bond donors (Lipinski definition) is 3. The van der Waals surface area contributed by atoms with Gasteiger partial charge in [-0.2, -0.15) is 26.3 Å². The van der Waals surface area contributed by atoms with Gasteiger partial charge in [-0.25, -0.2) is 17.6 Å². The van der Waals surface area contributed by atoms with Gasteiger partial charge in [-0.05, 0) is 55.0 Å². The van der Waals surface area contributed by atoms with Gasteiger partial charge in [0.1, 0.15) is 10.6 Å². The Kier molecular flexibility index (Phi) is 7.34. The molecule has 0 spiro atoms. The quantitative estimate of drug-likeness (QED) is 0.344. The van der Waals surface area contributed by atoms with Gasteiger partial charge in [-0.3, -0.25) is 0 Å². The predicted molar refractivity (Wildman–Crippen MR) is 116 cm³/mol. The summed E-state index contributed by atoms with van der Waals surface area (Å²) in [5.74, 6) is -1.36. The number of aliphatic hydroxyl groups is 1. The lowest BCUT2D eigenvalue weighted by Gasteiger charge is -2.43. The van der Waals surface area contributed by atoms with E-state index in [1.807, 2.05) is 0 Å². The Balaban J connectivity index is 2.17. The van der Waals surface area contributed by atoms with Gasteiger partial charge in [-0.15, -0.1) is 0 Å². The van der Waals surface area contributed by atoms with E-state index in [0.29, 0.717) is 12.1 Å². The fourth-order valence-electron chi connectivity index (χ4n) is 4.81. The summed E-state index contributed by atoms with van der Waals surface area (Å²) in [6.07, 6.45) is -14.1. The number of hydrogen-bond acceptors (Lipinski definition) is 4. The van der Waals surface area contributed by atoms with Gasteiger partial charge in [0.2, 0.25) is 0 Å². The summed E-state index contributed by atoms with van der Waals surface area (Å²) in [4.78, 5) is 10.8. The van der Waals surface area contributed by atoms with Gasteiger partial charge in [-0.1, -0.05) is 31.2 Å². The molecule has 1 aliphatic rings. The van der Waals surface area contributed by atoms with Crippen molar-refractivity contribution in [2.24, 2.45) is 5.92 Å². The average molecular weight is 557 g/mol. The molecule has 1 aliphatic carbocycles. The molecule has 1 fully saturated rings. The zero-order valence-electron chi connectivity index (χ0n) is 19.1. The van der Waals surface area contributed by atoms with Crippen molar-refractivity contribution in [1.29, 1.82) is 0 Å². The van der Waals surface area contributed by atoms with Crippen molar-refractivity contribution in [2.45, 2.75) is 59.8 Å². The SMILES string of the molecule is C[C@H]1C[C@](c2ccc(C(O)(C(F)(F)F)C(F)(F)F)cc2)(S(=O)(=O)c2ccc(F)cc2)CCC1NC(=O)O. The number of carboxylic acid groups (broad SMARTS) is 1. The van der Waals surface area contributed by atoms with E-state index in [4.69, 9.17) is 5.11 Å². The number of nitrogens with one attached hydrogen (secondary N) is 1. The van der Waals surface area contributed by atoms with Gasteiger partial charge in [0.15, 0.2) is 9.84 Å². The molecule has 0 heterocycles. The summed E-state index contributed by atoms with van der Waals surface area (Å²) in [6.45, 7) is 1.55. The minimum Gasteiger partial charge on any atom is -0.465 e. The van der Waals surface area contributed by atoms with E-state index in [2.05, 4.69) is 5.32 Å². The summed E-state index contributed by atoms with van der Waals surface area (Å²) in [6, 6.07) is 5.35. The van der Waals surface area contributed by atoms with E-state index >= 15 is 0 Å². The molecule has 1 saturated carbocycles. The van der Waals surface area contributed by atoms with Gasteiger partial charge < -0.3 is 15.5 Å². The van der Waals surface area contributed by atoms with E-state index in [0.717, 1.165) is 36.4 Å². The summed E-state index contributed by atoms with van der Waals surface area (Å²) in [5.41, 5.74) is -6.91. The molecule has 2 aromatic rings. The first-order chi connectivity index (χ1) is 16.9. The van der Waals surface area contributed by atoms with Crippen molar-refractivity contribution in [3.8, 4) is 0 Å². The van der Waals surface area contributed by atoms with Crippen LogP contribution in [0.1, 0.15) is 37.3 Å². The number of rotatable bonds is 5. The number of carbonyl (C=O) groups is 1. The highest BCUT2D eigenvalue weighted by molar-refractivity contribution is 7.92. The van der Waals surface area contributed by atoms with Crippen LogP contribution < -0.4 is 5.32 Å². The Labute approximate surface area is 207 Å². The molecule has 204 valence electrons. The average Bonchev–Trinajstić information content (AvgIpc) is 2.78. The van der Waals surface area contributed by atoms with Crippen molar-refractivity contribution in [3.63, 3.8) is 0 Å². The van der Waals surface area contributed by atoms with Gasteiger partial charge in [0.05, 0.1) is 4.90 Å². The normalized spacial score (nSPS) is 23.5. The number of benzene rings is 2. The minimum absolute atomic E-state index is 0.0231. The van der Waals surface area contributed by atoms with Crippen molar-refractivity contribution < 1.29 is 54.2 Å². The second kappa shape index (κ2) is 9.46. The Morgan fingerprint density at radius 1 is 0.973 bits per heavy atom. The van der Waals surface area contributed by atoms with Crippen molar-refractivity contribution in [1.82, 2.24) is 5.32 Å². The van der Waals surface area contributed by atoms with E-state index in [-0.39, 0.29) is 29.7 Å². The summed E-state index contributed by atoms with van der Waals surface area (Å²) >= 11 is 0. The third kappa shape index (κ3) is 4.88. The molecule has 2 aromatic carbocycles. The Morgan fingerprint density at radius 2 is 1.49 bits per heavy atom. The largest absolute Gasteiger partial charge is 0.465 e. The fraction of sp³-hybridized carbons (Fsp3) is 0.435. The molecule has 0 bridgehead atoms. The van der Waals surface area contributed by atoms with Crippen LogP contribution in [-0.2, 0) is 20.2 Å². The van der Waals surface area contributed by atoms with Crippen LogP contribution >= 0.6 is 0 Å². The van der Waals surface area contributed by atoms with Crippen LogP contribution in [0.4, 0.5) is 35.5 Å². The zero-order valence-corrected chi connectivity index (χ0v) is 19.9. The monoisotopic (exact) mass is 557 g/mol. The lowest BCUT2D eigenvalue weighted by molar-refractivity contribution is -0.376. The fourth-order valence-corrected chi connectivity index (χ4v) is 7.08. The maximum absolute atomic E-state index is 13.8. The highest BCUT2D eigenvalue weighted by atomic mass is 32.2. The van der Waals surface area contributed by atoms with Gasteiger partial charge in [0, 0.05) is 11.6 Å². The molecule has 6 nitrogen and oxygen atoms in total. The van der Waals surface area contributed by atoms with Crippen LogP contribution in [0.25, 0.3) is 0 Å². The number of halogens is 7. The molecule has 0 aromatic heterocycles. The van der Waals surface area contributed by atoms with E-state index in [9.17, 15) is 49.1 Å². The molecular formula is C23H22F7NO5S. The standard InChI is InChI=1S/C23H22F7NO5S/c1-13-12-20(11-10-18(13)31-19(32)33,37(35,36)17-8-6-16(24)7-9-17)14-2-4-15(5-3-14)21(34,22(25,26)27)23(28,29)30/h2-9,13,18,31,34H,10-12H2,1H3,(H,32,33)/t13-,18?,20+/m0/s1. The Hall–Kier alpha value is -2.87. The molecule has 0 aliphatic heterocycles. The first-order valence-electron chi connectivity index (χ1n) is 10.8. The highest BCUT2D eigenvalue weighted by Gasteiger charge is 2.71. The summed E-state index contributed by atoms with van der Waals surface area (Å²) in [5, 5.41) is 21.0. The van der Waals surface area contributed by atoms with Crippen LogP contribution in [0, 0.1) is 11.7 Å². The molecule has 37 heavy (non-hydrogen) atoms. The van der Waals surface area contributed by atoms with Crippen LogP contribution in [-0.4, -0.2) is 43.1 Å². The summed E-state index contributed by atoms with van der Waals surface area (Å²) < 4.78 is 119. The second-order valence-corrected chi connectivity index (χ2v) is 11.3. The van der Waals surface area contributed by atoms with Crippen molar-refractivity contribution in [3.05, 3.63) is 65.5 Å². The first kappa shape index (κ1) is 28.7. The van der Waals surface area contributed by atoms with Gasteiger partial charge >= 0.3 is 18.4 Å². The lowest BCUT2D eigenvalue weighted by Crippen LogP contribution is -2.54. The number of sulfone groups is 1. The second-order valence-electron chi connectivity index (χ2n) is 9.01. The third-order valence-corrected chi connectivity index (χ3v) is 9.32. The molecule has 3 atom stereocenters. The number of alkyl halides is 6. The predicted octanol–water partition coefficient (Wildman–Crippen LogP) is 5.26. The van der Waals surface area contributed by atoms with Crippen molar-refractivity contribution >= 4 is 15.9 Å². The topological polar surface area (TPSA) is 104 Å². The van der Waals surface area contributed by atoms with Crippen LogP contribution in [0.5, 0.6) is 0 Å². The maximum Gasteiger partial charge on any atom is 0.430 e.